The topological polar surface area (TPSA) is 62.5 Å². The summed E-state index contributed by atoms with van der Waals surface area (Å²) in [5.41, 5.74) is 6.11. The number of amides is 1. The predicted octanol–water partition coefficient (Wildman–Crippen LogP) is 0.910. The second-order valence-electron chi connectivity index (χ2n) is 5.42. The third-order valence-corrected chi connectivity index (χ3v) is 5.25. The van der Waals surface area contributed by atoms with Crippen LogP contribution in [0.15, 0.2) is 5.38 Å². The summed E-state index contributed by atoms with van der Waals surface area (Å²) in [6, 6.07) is 1.17. The minimum atomic E-state index is 0.0666. The molecule has 3 rings (SSSR count). The van der Waals surface area contributed by atoms with Gasteiger partial charge in [0.05, 0.1) is 0 Å². The highest BCUT2D eigenvalue weighted by atomic mass is 32.1. The Hall–Kier alpha value is -0.980. The summed E-state index contributed by atoms with van der Waals surface area (Å²) < 4.78 is 0. The van der Waals surface area contributed by atoms with Gasteiger partial charge in [-0.15, -0.1) is 11.3 Å². The van der Waals surface area contributed by atoms with Gasteiger partial charge >= 0.3 is 0 Å². The Kier molecular flexibility index (Phi) is 3.56. The standard InChI is InChI=1S/C13H20N4OS/c1-16-9-2-3-10(16)7-17(5-4-9)13(18)11-8-19-12(6-14)15-11/h8-10H,2-7,14H2,1H3. The van der Waals surface area contributed by atoms with Crippen LogP contribution in [0.3, 0.4) is 0 Å². The molecule has 2 fully saturated rings. The summed E-state index contributed by atoms with van der Waals surface area (Å²) in [7, 11) is 2.19. The summed E-state index contributed by atoms with van der Waals surface area (Å²) in [5, 5.41) is 2.66. The fourth-order valence-electron chi connectivity index (χ4n) is 3.16. The van der Waals surface area contributed by atoms with E-state index in [-0.39, 0.29) is 5.91 Å². The maximum Gasteiger partial charge on any atom is 0.273 e. The second kappa shape index (κ2) is 5.19. The highest BCUT2D eigenvalue weighted by Crippen LogP contribution is 2.29. The van der Waals surface area contributed by atoms with E-state index in [4.69, 9.17) is 5.73 Å². The molecule has 0 aromatic carbocycles. The molecule has 2 atom stereocenters. The van der Waals surface area contributed by atoms with Crippen LogP contribution >= 0.6 is 11.3 Å². The molecule has 19 heavy (non-hydrogen) atoms. The van der Waals surface area contributed by atoms with E-state index in [1.54, 1.807) is 0 Å². The molecule has 0 saturated carbocycles. The van der Waals surface area contributed by atoms with E-state index in [1.165, 1.54) is 24.2 Å². The van der Waals surface area contributed by atoms with Gasteiger partial charge in [0.1, 0.15) is 10.7 Å². The van der Waals surface area contributed by atoms with Gasteiger partial charge in [-0.25, -0.2) is 4.98 Å². The van der Waals surface area contributed by atoms with Crippen molar-refractivity contribution in [1.29, 1.82) is 0 Å². The van der Waals surface area contributed by atoms with Gasteiger partial charge in [0.25, 0.3) is 5.91 Å². The number of nitrogens with two attached hydrogens (primary N) is 1. The largest absolute Gasteiger partial charge is 0.336 e. The molecule has 2 aliphatic heterocycles. The zero-order chi connectivity index (χ0) is 13.4. The normalized spacial score (nSPS) is 27.6. The van der Waals surface area contributed by atoms with Crippen LogP contribution in [0.25, 0.3) is 0 Å². The molecule has 1 amide bonds. The third kappa shape index (κ3) is 2.40. The molecule has 5 nitrogen and oxygen atoms in total. The lowest BCUT2D eigenvalue weighted by molar-refractivity contribution is 0.0735. The van der Waals surface area contributed by atoms with E-state index >= 15 is 0 Å². The van der Waals surface area contributed by atoms with E-state index in [0.29, 0.717) is 24.3 Å². The molecule has 0 radical (unpaired) electrons. The quantitative estimate of drug-likeness (QED) is 0.874. The first-order valence-corrected chi connectivity index (χ1v) is 7.72. The number of fused-ring (bicyclic) bond motifs is 2. The Morgan fingerprint density at radius 2 is 2.26 bits per heavy atom. The Labute approximate surface area is 117 Å². The number of aromatic nitrogens is 1. The number of carbonyl (C=O) groups is 1. The summed E-state index contributed by atoms with van der Waals surface area (Å²) >= 11 is 1.47. The first-order chi connectivity index (χ1) is 9.19. The Bertz CT molecular complexity index is 475. The molecular formula is C13H20N4OS. The molecule has 1 aromatic rings. The number of likely N-dealkylation sites (N-methyl/N-ethyl adjacent to an activating group) is 1. The third-order valence-electron chi connectivity index (χ3n) is 4.38. The van der Waals surface area contributed by atoms with E-state index in [9.17, 15) is 4.79 Å². The number of hydrogen-bond acceptors (Lipinski definition) is 5. The van der Waals surface area contributed by atoms with Crippen molar-refractivity contribution in [2.45, 2.75) is 37.9 Å². The van der Waals surface area contributed by atoms with Gasteiger partial charge in [0.2, 0.25) is 0 Å². The molecule has 2 unspecified atom stereocenters. The van der Waals surface area contributed by atoms with Crippen molar-refractivity contribution in [3.05, 3.63) is 16.1 Å². The summed E-state index contributed by atoms with van der Waals surface area (Å²) in [4.78, 5) is 21.2. The van der Waals surface area contributed by atoms with Crippen molar-refractivity contribution in [3.63, 3.8) is 0 Å². The van der Waals surface area contributed by atoms with Gasteiger partial charge in [-0.05, 0) is 26.3 Å². The molecule has 2 bridgehead atoms. The molecule has 104 valence electrons. The van der Waals surface area contributed by atoms with Crippen LogP contribution in [0.4, 0.5) is 0 Å². The average molecular weight is 280 g/mol. The predicted molar refractivity (Wildman–Crippen MR) is 75.1 cm³/mol. The van der Waals surface area contributed by atoms with Crippen LogP contribution in [0.5, 0.6) is 0 Å². The van der Waals surface area contributed by atoms with Crippen LogP contribution in [0, 0.1) is 0 Å². The number of rotatable bonds is 2. The molecule has 2 aliphatic rings. The Morgan fingerprint density at radius 3 is 3.00 bits per heavy atom. The number of thiazole rings is 1. The average Bonchev–Trinajstić information content (AvgIpc) is 2.95. The van der Waals surface area contributed by atoms with Crippen LogP contribution in [0.2, 0.25) is 0 Å². The van der Waals surface area contributed by atoms with Gasteiger partial charge in [-0.3, -0.25) is 9.69 Å². The van der Waals surface area contributed by atoms with Crippen LogP contribution in [-0.2, 0) is 6.54 Å². The summed E-state index contributed by atoms with van der Waals surface area (Å²) in [6.07, 6.45) is 3.56. The maximum atomic E-state index is 12.5. The summed E-state index contributed by atoms with van der Waals surface area (Å²) in [6.45, 7) is 2.09. The minimum Gasteiger partial charge on any atom is -0.336 e. The van der Waals surface area contributed by atoms with Crippen LogP contribution < -0.4 is 5.73 Å². The number of nitrogens with zero attached hydrogens (tertiary/aromatic N) is 3. The lowest BCUT2D eigenvalue weighted by atomic mass is 10.1. The minimum absolute atomic E-state index is 0.0666. The maximum absolute atomic E-state index is 12.5. The van der Waals surface area contributed by atoms with Gasteiger partial charge < -0.3 is 10.6 Å². The van der Waals surface area contributed by atoms with Crippen molar-refractivity contribution >= 4 is 17.2 Å². The van der Waals surface area contributed by atoms with Crippen LogP contribution in [-0.4, -0.2) is 52.9 Å². The zero-order valence-electron chi connectivity index (χ0n) is 11.2. The lowest BCUT2D eigenvalue weighted by Gasteiger charge is -2.25. The number of carbonyl (C=O) groups excluding carboxylic acids is 1. The molecule has 1 aromatic heterocycles. The highest BCUT2D eigenvalue weighted by Gasteiger charge is 2.36. The van der Waals surface area contributed by atoms with E-state index in [1.807, 2.05) is 10.3 Å². The Morgan fingerprint density at radius 1 is 1.47 bits per heavy atom. The van der Waals surface area contributed by atoms with Gasteiger partial charge in [0, 0.05) is 37.1 Å². The van der Waals surface area contributed by atoms with Gasteiger partial charge in [-0.2, -0.15) is 0 Å². The highest BCUT2D eigenvalue weighted by molar-refractivity contribution is 7.09. The fraction of sp³-hybridized carbons (Fsp3) is 0.692. The van der Waals surface area contributed by atoms with Crippen molar-refractivity contribution < 1.29 is 4.79 Å². The van der Waals surface area contributed by atoms with Gasteiger partial charge in [-0.1, -0.05) is 0 Å². The molecule has 0 spiro atoms. The summed E-state index contributed by atoms with van der Waals surface area (Å²) in [5.74, 6) is 0.0666. The van der Waals surface area contributed by atoms with Crippen molar-refractivity contribution in [2.24, 2.45) is 5.73 Å². The first kappa shape index (κ1) is 13.0. The number of hydrogen-bond donors (Lipinski definition) is 1. The van der Waals surface area contributed by atoms with Crippen molar-refractivity contribution in [2.75, 3.05) is 20.1 Å². The Balaban J connectivity index is 1.73. The van der Waals surface area contributed by atoms with E-state index in [0.717, 1.165) is 24.5 Å². The van der Waals surface area contributed by atoms with Crippen molar-refractivity contribution in [1.82, 2.24) is 14.8 Å². The molecule has 3 heterocycles. The first-order valence-electron chi connectivity index (χ1n) is 6.84. The fourth-order valence-corrected chi connectivity index (χ4v) is 3.81. The molecule has 2 N–H and O–H groups in total. The smallest absolute Gasteiger partial charge is 0.273 e. The van der Waals surface area contributed by atoms with Gasteiger partial charge in [0.15, 0.2) is 0 Å². The van der Waals surface area contributed by atoms with E-state index in [2.05, 4.69) is 16.9 Å². The second-order valence-corrected chi connectivity index (χ2v) is 6.36. The molecule has 6 heteroatoms. The monoisotopic (exact) mass is 280 g/mol. The van der Waals surface area contributed by atoms with E-state index < -0.39 is 0 Å². The SMILES string of the molecule is CN1C2CCC1CN(C(=O)c1csc(CN)n1)CC2. The zero-order valence-corrected chi connectivity index (χ0v) is 12.0. The number of likely N-dealkylation sites (tertiary alicyclic amines) is 1. The molecule has 2 saturated heterocycles. The lowest BCUT2D eigenvalue weighted by Crippen LogP contribution is -2.39. The molecule has 0 aliphatic carbocycles. The van der Waals surface area contributed by atoms with Crippen LogP contribution in [0.1, 0.15) is 34.8 Å². The molecular weight excluding hydrogens is 260 g/mol. The van der Waals surface area contributed by atoms with Crippen molar-refractivity contribution in [3.8, 4) is 0 Å².